The second-order valence-corrected chi connectivity index (χ2v) is 3.75. The van der Waals surface area contributed by atoms with E-state index in [2.05, 4.69) is 5.32 Å². The molecule has 6 heteroatoms. The molecule has 1 aliphatic heterocycles. The fourth-order valence-corrected chi connectivity index (χ4v) is 1.77. The van der Waals surface area contributed by atoms with Crippen molar-refractivity contribution >= 4 is 23.6 Å². The van der Waals surface area contributed by atoms with E-state index in [0.717, 1.165) is 0 Å². The molecule has 2 unspecified atom stereocenters. The summed E-state index contributed by atoms with van der Waals surface area (Å²) < 4.78 is 0. The van der Waals surface area contributed by atoms with E-state index in [0.29, 0.717) is 5.75 Å². The van der Waals surface area contributed by atoms with Crippen molar-refractivity contribution in [1.82, 2.24) is 5.32 Å². The molecule has 1 fully saturated rings. The lowest BCUT2D eigenvalue weighted by atomic mass is 10.3. The average Bonchev–Trinajstić information content (AvgIpc) is 2.16. The number of hydrogen-bond donors (Lipinski definition) is 3. The van der Waals surface area contributed by atoms with Gasteiger partial charge in [0.25, 0.3) is 0 Å². The van der Waals surface area contributed by atoms with Crippen LogP contribution in [0.1, 0.15) is 0 Å². The summed E-state index contributed by atoms with van der Waals surface area (Å²) in [4.78, 5) is 21.4. The molecule has 0 radical (unpaired) electrons. The lowest BCUT2D eigenvalue weighted by Gasteiger charge is -2.05. The maximum Gasteiger partial charge on any atom is 0.318 e. The number of nitrogens with two attached hydrogens (primary N) is 1. The first-order valence-electron chi connectivity index (χ1n) is 3.49. The summed E-state index contributed by atoms with van der Waals surface area (Å²) in [5.74, 6) is -0.816. The topological polar surface area (TPSA) is 92.4 Å². The van der Waals surface area contributed by atoms with Crippen molar-refractivity contribution in [3.63, 3.8) is 0 Å². The standard InChI is InChI=1S/C6H10N2O3S/c7-3-2-12-4(6(10)11)1-8-5(3)9/h3-4H,1-2,7H2,(H,8,9)(H,10,11). The zero-order valence-electron chi connectivity index (χ0n) is 6.32. The third-order valence-corrected chi connectivity index (χ3v) is 2.87. The van der Waals surface area contributed by atoms with Crippen LogP contribution in [0.5, 0.6) is 0 Å². The number of rotatable bonds is 1. The maximum absolute atomic E-state index is 10.9. The number of hydrogen-bond acceptors (Lipinski definition) is 4. The Morgan fingerprint density at radius 3 is 3.00 bits per heavy atom. The third kappa shape index (κ3) is 2.12. The van der Waals surface area contributed by atoms with E-state index in [1.807, 2.05) is 0 Å². The van der Waals surface area contributed by atoms with Gasteiger partial charge in [-0.15, -0.1) is 11.8 Å². The third-order valence-electron chi connectivity index (χ3n) is 1.55. The Morgan fingerprint density at radius 2 is 2.42 bits per heavy atom. The predicted molar refractivity (Wildman–Crippen MR) is 44.9 cm³/mol. The number of carboxylic acids is 1. The first kappa shape index (κ1) is 9.34. The van der Waals surface area contributed by atoms with Crippen LogP contribution in [-0.4, -0.2) is 40.6 Å². The number of carbonyl (C=O) groups is 2. The largest absolute Gasteiger partial charge is 0.480 e. The van der Waals surface area contributed by atoms with Gasteiger partial charge in [0.05, 0.1) is 6.04 Å². The van der Waals surface area contributed by atoms with Gasteiger partial charge in [0, 0.05) is 12.3 Å². The number of amides is 1. The van der Waals surface area contributed by atoms with Crippen molar-refractivity contribution in [2.45, 2.75) is 11.3 Å². The molecular formula is C6H10N2O3S. The number of carboxylic acid groups (broad SMARTS) is 1. The fraction of sp³-hybridized carbons (Fsp3) is 0.667. The highest BCUT2D eigenvalue weighted by atomic mass is 32.2. The number of carbonyl (C=O) groups excluding carboxylic acids is 1. The Hall–Kier alpha value is -0.750. The van der Waals surface area contributed by atoms with Crippen LogP contribution >= 0.6 is 11.8 Å². The van der Waals surface area contributed by atoms with Gasteiger partial charge in [-0.25, -0.2) is 0 Å². The Labute approximate surface area is 73.7 Å². The van der Waals surface area contributed by atoms with Gasteiger partial charge >= 0.3 is 5.97 Å². The minimum absolute atomic E-state index is 0.159. The summed E-state index contributed by atoms with van der Waals surface area (Å²) >= 11 is 1.20. The lowest BCUT2D eigenvalue weighted by molar-refractivity contribution is -0.136. The Bertz CT molecular complexity index is 209. The van der Waals surface area contributed by atoms with Crippen molar-refractivity contribution in [3.8, 4) is 0 Å². The molecule has 1 heterocycles. The van der Waals surface area contributed by atoms with Crippen LogP contribution in [0.4, 0.5) is 0 Å². The van der Waals surface area contributed by atoms with Gasteiger partial charge in [-0.2, -0.15) is 0 Å². The van der Waals surface area contributed by atoms with E-state index in [-0.39, 0.29) is 12.5 Å². The van der Waals surface area contributed by atoms with Gasteiger partial charge in [0.15, 0.2) is 0 Å². The molecule has 0 aromatic carbocycles. The summed E-state index contributed by atoms with van der Waals surface area (Å²) in [6.07, 6.45) is 0. The molecular weight excluding hydrogens is 180 g/mol. The average molecular weight is 190 g/mol. The first-order chi connectivity index (χ1) is 5.61. The SMILES string of the molecule is NC1CSC(C(=O)O)CNC1=O. The van der Waals surface area contributed by atoms with Crippen molar-refractivity contribution < 1.29 is 14.7 Å². The van der Waals surface area contributed by atoms with Crippen LogP contribution in [0.25, 0.3) is 0 Å². The highest BCUT2D eigenvalue weighted by molar-refractivity contribution is 8.00. The highest BCUT2D eigenvalue weighted by Crippen LogP contribution is 2.14. The minimum atomic E-state index is -0.908. The first-order valence-corrected chi connectivity index (χ1v) is 4.54. The van der Waals surface area contributed by atoms with Gasteiger partial charge in [0.2, 0.25) is 5.91 Å². The van der Waals surface area contributed by atoms with Crippen LogP contribution in [0.2, 0.25) is 0 Å². The van der Waals surface area contributed by atoms with Crippen molar-refractivity contribution in [3.05, 3.63) is 0 Å². The van der Waals surface area contributed by atoms with E-state index in [4.69, 9.17) is 10.8 Å². The molecule has 0 spiro atoms. The molecule has 1 amide bonds. The van der Waals surface area contributed by atoms with Crippen molar-refractivity contribution in [1.29, 1.82) is 0 Å². The van der Waals surface area contributed by atoms with Crippen LogP contribution < -0.4 is 11.1 Å². The van der Waals surface area contributed by atoms with Crippen molar-refractivity contribution in [2.24, 2.45) is 5.73 Å². The van der Waals surface area contributed by atoms with E-state index >= 15 is 0 Å². The number of thioether (sulfide) groups is 1. The summed E-state index contributed by atoms with van der Waals surface area (Å²) in [7, 11) is 0. The summed E-state index contributed by atoms with van der Waals surface area (Å²) in [6, 6.07) is -0.584. The molecule has 0 aromatic heterocycles. The number of nitrogens with one attached hydrogen (secondary N) is 1. The normalized spacial score (nSPS) is 30.6. The monoisotopic (exact) mass is 190 g/mol. The zero-order valence-corrected chi connectivity index (χ0v) is 7.13. The molecule has 5 nitrogen and oxygen atoms in total. The Morgan fingerprint density at radius 1 is 1.75 bits per heavy atom. The quantitative estimate of drug-likeness (QED) is 0.474. The van der Waals surface area contributed by atoms with Gasteiger partial charge in [0.1, 0.15) is 5.25 Å². The van der Waals surface area contributed by atoms with Gasteiger partial charge in [-0.3, -0.25) is 9.59 Å². The second kappa shape index (κ2) is 3.77. The summed E-state index contributed by atoms with van der Waals surface area (Å²) in [5, 5.41) is 10.5. The van der Waals surface area contributed by atoms with Crippen LogP contribution in [0.3, 0.4) is 0 Å². The smallest absolute Gasteiger partial charge is 0.318 e. The molecule has 12 heavy (non-hydrogen) atoms. The lowest BCUT2D eigenvalue weighted by Crippen LogP contribution is -2.41. The zero-order chi connectivity index (χ0) is 9.14. The highest BCUT2D eigenvalue weighted by Gasteiger charge is 2.26. The molecule has 0 saturated carbocycles. The van der Waals surface area contributed by atoms with Gasteiger partial charge in [-0.05, 0) is 0 Å². The molecule has 1 saturated heterocycles. The molecule has 2 atom stereocenters. The predicted octanol–water partition coefficient (Wildman–Crippen LogP) is -1.37. The Kier molecular flexibility index (Phi) is 2.93. The number of aliphatic carboxylic acids is 1. The molecule has 0 aliphatic carbocycles. The van der Waals surface area contributed by atoms with E-state index < -0.39 is 17.3 Å². The van der Waals surface area contributed by atoms with Crippen LogP contribution in [0, 0.1) is 0 Å². The molecule has 68 valence electrons. The van der Waals surface area contributed by atoms with Crippen molar-refractivity contribution in [2.75, 3.05) is 12.3 Å². The van der Waals surface area contributed by atoms with E-state index in [1.54, 1.807) is 0 Å². The molecule has 0 aromatic rings. The van der Waals surface area contributed by atoms with Crippen LogP contribution in [0.15, 0.2) is 0 Å². The Balaban J connectivity index is 2.55. The maximum atomic E-state index is 10.9. The van der Waals surface area contributed by atoms with Gasteiger partial charge in [-0.1, -0.05) is 0 Å². The summed E-state index contributed by atoms with van der Waals surface area (Å²) in [6.45, 7) is 0.159. The second-order valence-electron chi connectivity index (χ2n) is 2.51. The van der Waals surface area contributed by atoms with Gasteiger partial charge < -0.3 is 16.2 Å². The molecule has 0 bridgehead atoms. The van der Waals surface area contributed by atoms with E-state index in [9.17, 15) is 9.59 Å². The molecule has 1 rings (SSSR count). The molecule has 1 aliphatic rings. The molecule has 4 N–H and O–H groups in total. The van der Waals surface area contributed by atoms with Crippen LogP contribution in [-0.2, 0) is 9.59 Å². The fourth-order valence-electron chi connectivity index (χ4n) is 0.837. The summed E-state index contributed by atoms with van der Waals surface area (Å²) in [5.41, 5.74) is 5.41. The minimum Gasteiger partial charge on any atom is -0.480 e. The van der Waals surface area contributed by atoms with E-state index in [1.165, 1.54) is 11.8 Å².